The number of terminal acetylenes is 1. The van der Waals surface area contributed by atoms with E-state index in [0.29, 0.717) is 6.04 Å². The van der Waals surface area contributed by atoms with Gasteiger partial charge in [-0.15, -0.1) is 6.42 Å². The third kappa shape index (κ3) is 2.84. The highest BCUT2D eigenvalue weighted by atomic mass is 15.0. The van der Waals surface area contributed by atoms with Crippen molar-refractivity contribution in [2.75, 3.05) is 13.1 Å². The molecular formula is C10H18N2. The van der Waals surface area contributed by atoms with E-state index in [-0.39, 0.29) is 6.04 Å². The normalized spacial score (nSPS) is 25.2. The monoisotopic (exact) mass is 166 g/mol. The average Bonchev–Trinajstić information content (AvgIpc) is 2.56. The second-order valence-electron chi connectivity index (χ2n) is 3.36. The molecule has 0 aromatic heterocycles. The molecule has 1 fully saturated rings. The number of hydrogen-bond acceptors (Lipinski definition) is 2. The zero-order valence-corrected chi connectivity index (χ0v) is 7.77. The fourth-order valence-electron chi connectivity index (χ4n) is 1.58. The summed E-state index contributed by atoms with van der Waals surface area (Å²) in [6.45, 7) is 4.36. The van der Waals surface area contributed by atoms with Gasteiger partial charge in [0.1, 0.15) is 0 Å². The third-order valence-corrected chi connectivity index (χ3v) is 2.28. The van der Waals surface area contributed by atoms with Gasteiger partial charge in [-0.05, 0) is 19.4 Å². The van der Waals surface area contributed by atoms with Gasteiger partial charge in [0.2, 0.25) is 0 Å². The average molecular weight is 166 g/mol. The Kier molecular flexibility index (Phi) is 4.13. The summed E-state index contributed by atoms with van der Waals surface area (Å²) < 4.78 is 0. The topological polar surface area (TPSA) is 24.1 Å². The van der Waals surface area contributed by atoms with Crippen LogP contribution in [0.25, 0.3) is 0 Å². The molecule has 0 saturated carbocycles. The summed E-state index contributed by atoms with van der Waals surface area (Å²) in [5.74, 6) is 2.79. The number of rotatable bonds is 4. The Morgan fingerprint density at radius 1 is 1.75 bits per heavy atom. The molecule has 1 rings (SSSR count). The molecule has 2 unspecified atom stereocenters. The van der Waals surface area contributed by atoms with E-state index in [1.807, 2.05) is 0 Å². The Morgan fingerprint density at radius 3 is 3.08 bits per heavy atom. The standard InChI is InChI=1S/C10H18N2/c1-3-5-9(4-2)12-10-6-7-11-8-10/h2,9-12H,3,5-8H2,1H3. The van der Waals surface area contributed by atoms with Gasteiger partial charge >= 0.3 is 0 Å². The van der Waals surface area contributed by atoms with Crippen molar-refractivity contribution >= 4 is 0 Å². The van der Waals surface area contributed by atoms with Crippen molar-refractivity contribution in [1.29, 1.82) is 0 Å². The molecule has 0 radical (unpaired) electrons. The van der Waals surface area contributed by atoms with Crippen molar-refractivity contribution < 1.29 is 0 Å². The molecule has 0 aromatic rings. The van der Waals surface area contributed by atoms with E-state index in [4.69, 9.17) is 6.42 Å². The third-order valence-electron chi connectivity index (χ3n) is 2.28. The molecular weight excluding hydrogens is 148 g/mol. The van der Waals surface area contributed by atoms with Crippen LogP contribution < -0.4 is 10.6 Å². The Labute approximate surface area is 75.1 Å². The summed E-state index contributed by atoms with van der Waals surface area (Å²) >= 11 is 0. The van der Waals surface area contributed by atoms with Crippen molar-refractivity contribution in [1.82, 2.24) is 10.6 Å². The maximum atomic E-state index is 5.40. The largest absolute Gasteiger partial charge is 0.315 e. The first-order chi connectivity index (χ1) is 5.86. The van der Waals surface area contributed by atoms with Crippen LogP contribution in [0.5, 0.6) is 0 Å². The van der Waals surface area contributed by atoms with Crippen LogP contribution in [-0.2, 0) is 0 Å². The highest BCUT2D eigenvalue weighted by molar-refractivity contribution is 5.00. The minimum atomic E-state index is 0.278. The van der Waals surface area contributed by atoms with Crippen LogP contribution in [0.2, 0.25) is 0 Å². The summed E-state index contributed by atoms with van der Waals surface area (Å²) in [4.78, 5) is 0. The van der Waals surface area contributed by atoms with Gasteiger partial charge < -0.3 is 5.32 Å². The first-order valence-electron chi connectivity index (χ1n) is 4.79. The summed E-state index contributed by atoms with van der Waals surface area (Å²) in [7, 11) is 0. The molecule has 1 aliphatic rings. The van der Waals surface area contributed by atoms with Crippen LogP contribution in [0.15, 0.2) is 0 Å². The van der Waals surface area contributed by atoms with Gasteiger partial charge in [0, 0.05) is 12.6 Å². The van der Waals surface area contributed by atoms with Crippen molar-refractivity contribution in [2.45, 2.75) is 38.3 Å². The Morgan fingerprint density at radius 2 is 2.58 bits per heavy atom. The van der Waals surface area contributed by atoms with Crippen LogP contribution in [0.1, 0.15) is 26.2 Å². The molecule has 0 aromatic carbocycles. The highest BCUT2D eigenvalue weighted by Crippen LogP contribution is 2.02. The lowest BCUT2D eigenvalue weighted by molar-refractivity contribution is 0.480. The van der Waals surface area contributed by atoms with Gasteiger partial charge in [-0.1, -0.05) is 19.3 Å². The SMILES string of the molecule is C#CC(CCC)NC1CCNC1. The van der Waals surface area contributed by atoms with E-state index in [1.165, 1.54) is 6.42 Å². The Balaban J connectivity index is 2.22. The predicted molar refractivity (Wildman–Crippen MR) is 51.9 cm³/mol. The van der Waals surface area contributed by atoms with Crippen molar-refractivity contribution in [2.24, 2.45) is 0 Å². The minimum Gasteiger partial charge on any atom is -0.315 e. The lowest BCUT2D eigenvalue weighted by Gasteiger charge is -2.16. The zero-order chi connectivity index (χ0) is 8.81. The fraction of sp³-hybridized carbons (Fsp3) is 0.800. The van der Waals surface area contributed by atoms with E-state index in [1.54, 1.807) is 0 Å². The molecule has 1 saturated heterocycles. The number of nitrogens with one attached hydrogen (secondary N) is 2. The summed E-state index contributed by atoms with van der Waals surface area (Å²) in [5, 5.41) is 6.78. The lowest BCUT2D eigenvalue weighted by atomic mass is 10.1. The van der Waals surface area contributed by atoms with Crippen molar-refractivity contribution in [3.8, 4) is 12.3 Å². The first kappa shape index (κ1) is 9.57. The van der Waals surface area contributed by atoms with Gasteiger partial charge in [0.25, 0.3) is 0 Å². The van der Waals surface area contributed by atoms with E-state index in [2.05, 4.69) is 23.5 Å². The lowest BCUT2D eigenvalue weighted by Crippen LogP contribution is -2.38. The summed E-state index contributed by atoms with van der Waals surface area (Å²) in [5.41, 5.74) is 0. The molecule has 0 aliphatic carbocycles. The quantitative estimate of drug-likeness (QED) is 0.602. The second-order valence-corrected chi connectivity index (χ2v) is 3.36. The summed E-state index contributed by atoms with van der Waals surface area (Å²) in [6.07, 6.45) is 8.86. The van der Waals surface area contributed by atoms with E-state index in [0.717, 1.165) is 25.9 Å². The second kappa shape index (κ2) is 5.18. The van der Waals surface area contributed by atoms with E-state index in [9.17, 15) is 0 Å². The maximum Gasteiger partial charge on any atom is 0.0689 e. The Bertz CT molecular complexity index is 154. The fourth-order valence-corrected chi connectivity index (χ4v) is 1.58. The zero-order valence-electron chi connectivity index (χ0n) is 7.77. The molecule has 68 valence electrons. The van der Waals surface area contributed by atoms with Gasteiger partial charge in [0.05, 0.1) is 6.04 Å². The molecule has 2 nitrogen and oxygen atoms in total. The van der Waals surface area contributed by atoms with Crippen LogP contribution in [-0.4, -0.2) is 25.2 Å². The van der Waals surface area contributed by atoms with E-state index < -0.39 is 0 Å². The summed E-state index contributed by atoms with van der Waals surface area (Å²) in [6, 6.07) is 0.873. The van der Waals surface area contributed by atoms with Gasteiger partial charge in [0.15, 0.2) is 0 Å². The number of hydrogen-bond donors (Lipinski definition) is 2. The molecule has 2 heteroatoms. The van der Waals surface area contributed by atoms with Crippen LogP contribution in [0.3, 0.4) is 0 Å². The first-order valence-corrected chi connectivity index (χ1v) is 4.79. The van der Waals surface area contributed by atoms with Crippen LogP contribution >= 0.6 is 0 Å². The van der Waals surface area contributed by atoms with Crippen LogP contribution in [0, 0.1) is 12.3 Å². The molecule has 0 bridgehead atoms. The van der Waals surface area contributed by atoms with Gasteiger partial charge in [-0.3, -0.25) is 5.32 Å². The molecule has 12 heavy (non-hydrogen) atoms. The molecule has 0 spiro atoms. The molecule has 2 N–H and O–H groups in total. The van der Waals surface area contributed by atoms with Crippen LogP contribution in [0.4, 0.5) is 0 Å². The smallest absolute Gasteiger partial charge is 0.0689 e. The van der Waals surface area contributed by atoms with Gasteiger partial charge in [-0.2, -0.15) is 0 Å². The molecule has 1 heterocycles. The minimum absolute atomic E-state index is 0.278. The predicted octanol–water partition coefficient (Wildman–Crippen LogP) is 0.740. The molecule has 0 amide bonds. The molecule has 1 aliphatic heterocycles. The maximum absolute atomic E-state index is 5.40. The highest BCUT2D eigenvalue weighted by Gasteiger charge is 2.16. The van der Waals surface area contributed by atoms with Gasteiger partial charge in [-0.25, -0.2) is 0 Å². The van der Waals surface area contributed by atoms with Crippen molar-refractivity contribution in [3.05, 3.63) is 0 Å². The van der Waals surface area contributed by atoms with E-state index >= 15 is 0 Å². The van der Waals surface area contributed by atoms with Crippen molar-refractivity contribution in [3.63, 3.8) is 0 Å². The Hall–Kier alpha value is -0.520. The molecule has 2 atom stereocenters.